The standard InChI is InChI=1S/C28H45N3O4/c1-16(2)11-22(30-27(34)35-28(8,9)10)26(33)31(23-15-20(23)7)24(25(32)29-17(3)4)21-13-18(5)12-19(6)14-21/h12-14,16-17,20,22-24H,11,15H2,1-10H3,(H,29,32)(H,30,34). The number of rotatable bonds is 9. The van der Waals surface area contributed by atoms with Gasteiger partial charge in [-0.2, -0.15) is 0 Å². The van der Waals surface area contributed by atoms with Crippen LogP contribution in [0, 0.1) is 25.7 Å². The molecule has 3 amide bonds. The molecule has 4 unspecified atom stereocenters. The molecule has 2 rings (SSSR count). The summed E-state index contributed by atoms with van der Waals surface area (Å²) in [7, 11) is 0. The molecule has 7 nitrogen and oxygen atoms in total. The summed E-state index contributed by atoms with van der Waals surface area (Å²) >= 11 is 0. The summed E-state index contributed by atoms with van der Waals surface area (Å²) in [4.78, 5) is 42.1. The second-order valence-corrected chi connectivity index (χ2v) is 11.8. The van der Waals surface area contributed by atoms with E-state index in [4.69, 9.17) is 4.74 Å². The maximum absolute atomic E-state index is 14.2. The molecule has 1 saturated carbocycles. The molecule has 0 heterocycles. The van der Waals surface area contributed by atoms with Crippen LogP contribution >= 0.6 is 0 Å². The van der Waals surface area contributed by atoms with Crippen molar-refractivity contribution in [3.63, 3.8) is 0 Å². The van der Waals surface area contributed by atoms with Crippen molar-refractivity contribution in [1.82, 2.24) is 15.5 Å². The maximum Gasteiger partial charge on any atom is 0.408 e. The number of hydrogen-bond donors (Lipinski definition) is 2. The monoisotopic (exact) mass is 487 g/mol. The number of nitrogens with zero attached hydrogens (tertiary/aromatic N) is 1. The van der Waals surface area contributed by atoms with Crippen LogP contribution in [0.15, 0.2) is 18.2 Å². The quantitative estimate of drug-likeness (QED) is 0.510. The molecule has 0 saturated heterocycles. The van der Waals surface area contributed by atoms with Crippen molar-refractivity contribution < 1.29 is 19.1 Å². The van der Waals surface area contributed by atoms with E-state index in [2.05, 4.69) is 23.6 Å². The lowest BCUT2D eigenvalue weighted by atomic mass is 9.96. The van der Waals surface area contributed by atoms with Gasteiger partial charge in [0.25, 0.3) is 0 Å². The third kappa shape index (κ3) is 8.55. The zero-order valence-corrected chi connectivity index (χ0v) is 23.2. The predicted molar refractivity (Wildman–Crippen MR) is 139 cm³/mol. The first-order valence-corrected chi connectivity index (χ1v) is 12.8. The average molecular weight is 488 g/mol. The van der Waals surface area contributed by atoms with Gasteiger partial charge in [0, 0.05) is 12.1 Å². The Morgan fingerprint density at radius 1 is 1.03 bits per heavy atom. The molecule has 1 aromatic carbocycles. The summed E-state index contributed by atoms with van der Waals surface area (Å²) in [5.41, 5.74) is 2.17. The molecule has 1 fully saturated rings. The summed E-state index contributed by atoms with van der Waals surface area (Å²) in [6.45, 7) is 19.3. The van der Waals surface area contributed by atoms with E-state index in [9.17, 15) is 14.4 Å². The van der Waals surface area contributed by atoms with Gasteiger partial charge >= 0.3 is 6.09 Å². The van der Waals surface area contributed by atoms with Crippen molar-refractivity contribution in [2.45, 2.75) is 112 Å². The molecule has 1 aromatic rings. The summed E-state index contributed by atoms with van der Waals surface area (Å²) in [5.74, 6) is -0.0260. The minimum absolute atomic E-state index is 0.0682. The fraction of sp³-hybridized carbons (Fsp3) is 0.679. The number of alkyl carbamates (subject to hydrolysis) is 1. The smallest absolute Gasteiger partial charge is 0.408 e. The molecule has 196 valence electrons. The number of amides is 3. The second-order valence-electron chi connectivity index (χ2n) is 11.8. The minimum Gasteiger partial charge on any atom is -0.444 e. The third-order valence-corrected chi connectivity index (χ3v) is 5.89. The first kappa shape index (κ1) is 28.7. The van der Waals surface area contributed by atoms with E-state index in [-0.39, 0.29) is 35.7 Å². The highest BCUT2D eigenvalue weighted by molar-refractivity contribution is 5.92. The molecule has 1 aliphatic rings. The number of carbonyl (C=O) groups is 3. The number of hydrogen-bond acceptors (Lipinski definition) is 4. The van der Waals surface area contributed by atoms with Crippen LogP contribution in [-0.4, -0.2) is 46.5 Å². The summed E-state index contributed by atoms with van der Waals surface area (Å²) in [5, 5.41) is 5.83. The van der Waals surface area contributed by atoms with Crippen LogP contribution in [0.4, 0.5) is 4.79 Å². The lowest BCUT2D eigenvalue weighted by Crippen LogP contribution is -2.54. The van der Waals surface area contributed by atoms with E-state index in [0.717, 1.165) is 23.1 Å². The van der Waals surface area contributed by atoms with E-state index in [1.54, 1.807) is 25.7 Å². The number of ether oxygens (including phenoxy) is 1. The van der Waals surface area contributed by atoms with Gasteiger partial charge in [0.1, 0.15) is 17.7 Å². The number of aryl methyl sites for hydroxylation is 2. The van der Waals surface area contributed by atoms with Gasteiger partial charge in [-0.1, -0.05) is 50.1 Å². The Morgan fingerprint density at radius 3 is 2.00 bits per heavy atom. The van der Waals surface area contributed by atoms with Gasteiger partial charge in [-0.15, -0.1) is 0 Å². The SMILES string of the molecule is Cc1cc(C)cc(C(C(=O)NC(C)C)N(C(=O)C(CC(C)C)NC(=O)OC(C)(C)C)C2CC2C)c1. The Morgan fingerprint density at radius 2 is 1.57 bits per heavy atom. The van der Waals surface area contributed by atoms with Gasteiger partial charge < -0.3 is 20.3 Å². The molecule has 0 bridgehead atoms. The Balaban J connectivity index is 2.53. The summed E-state index contributed by atoms with van der Waals surface area (Å²) in [6, 6.07) is 4.29. The number of nitrogens with one attached hydrogen (secondary N) is 2. The average Bonchev–Trinajstić information content (AvgIpc) is 3.37. The van der Waals surface area contributed by atoms with Crippen molar-refractivity contribution in [1.29, 1.82) is 0 Å². The molecule has 0 spiro atoms. The molecule has 7 heteroatoms. The van der Waals surface area contributed by atoms with Crippen LogP contribution < -0.4 is 10.6 Å². The van der Waals surface area contributed by atoms with E-state index in [1.165, 1.54) is 0 Å². The molecular weight excluding hydrogens is 442 g/mol. The van der Waals surface area contributed by atoms with Crippen LogP contribution in [0.1, 0.15) is 91.0 Å². The maximum atomic E-state index is 14.2. The van der Waals surface area contributed by atoms with Crippen molar-refractivity contribution >= 4 is 17.9 Å². The molecule has 0 aliphatic heterocycles. The van der Waals surface area contributed by atoms with Gasteiger partial charge in [-0.25, -0.2) is 4.79 Å². The highest BCUT2D eigenvalue weighted by Gasteiger charge is 2.48. The van der Waals surface area contributed by atoms with E-state index in [1.807, 2.05) is 53.7 Å². The fourth-order valence-electron chi connectivity index (χ4n) is 4.46. The summed E-state index contributed by atoms with van der Waals surface area (Å²) < 4.78 is 5.45. The zero-order chi connectivity index (χ0) is 26.7. The number of benzene rings is 1. The summed E-state index contributed by atoms with van der Waals surface area (Å²) in [6.07, 6.45) is 0.638. The molecule has 1 aliphatic carbocycles. The van der Waals surface area contributed by atoms with Crippen molar-refractivity contribution in [2.75, 3.05) is 0 Å². The first-order valence-electron chi connectivity index (χ1n) is 12.8. The van der Waals surface area contributed by atoms with Gasteiger partial charge in [0.05, 0.1) is 0 Å². The minimum atomic E-state index is -0.794. The van der Waals surface area contributed by atoms with E-state index >= 15 is 0 Å². The lowest BCUT2D eigenvalue weighted by Gasteiger charge is -2.36. The predicted octanol–water partition coefficient (Wildman–Crippen LogP) is 5.05. The third-order valence-electron chi connectivity index (χ3n) is 5.89. The topological polar surface area (TPSA) is 87.7 Å². The largest absolute Gasteiger partial charge is 0.444 e. The van der Waals surface area contributed by atoms with Crippen molar-refractivity contribution in [3.8, 4) is 0 Å². The Bertz CT molecular complexity index is 899. The Labute approximate surface area is 211 Å². The highest BCUT2D eigenvalue weighted by Crippen LogP contribution is 2.41. The number of carbonyl (C=O) groups excluding carboxylic acids is 3. The molecule has 0 radical (unpaired) electrons. The Hall–Kier alpha value is -2.57. The fourth-order valence-corrected chi connectivity index (χ4v) is 4.46. The van der Waals surface area contributed by atoms with Gasteiger partial charge in [-0.3, -0.25) is 9.59 Å². The van der Waals surface area contributed by atoms with E-state index < -0.39 is 23.8 Å². The molecule has 35 heavy (non-hydrogen) atoms. The molecular formula is C28H45N3O4. The second kappa shape index (κ2) is 11.4. The van der Waals surface area contributed by atoms with Crippen LogP contribution in [0.25, 0.3) is 0 Å². The first-order chi connectivity index (χ1) is 16.1. The van der Waals surface area contributed by atoms with Crippen molar-refractivity contribution in [3.05, 3.63) is 34.9 Å². The van der Waals surface area contributed by atoms with Crippen LogP contribution in [0.5, 0.6) is 0 Å². The van der Waals surface area contributed by atoms with Gasteiger partial charge in [-0.05, 0) is 78.7 Å². The molecule has 2 N–H and O–H groups in total. The van der Waals surface area contributed by atoms with Gasteiger partial charge in [0.15, 0.2) is 0 Å². The lowest BCUT2D eigenvalue weighted by molar-refractivity contribution is -0.144. The zero-order valence-electron chi connectivity index (χ0n) is 23.2. The van der Waals surface area contributed by atoms with Gasteiger partial charge in [0.2, 0.25) is 11.8 Å². The van der Waals surface area contributed by atoms with Crippen LogP contribution in [-0.2, 0) is 14.3 Å². The van der Waals surface area contributed by atoms with Crippen LogP contribution in [0.2, 0.25) is 0 Å². The molecule has 0 aromatic heterocycles. The van der Waals surface area contributed by atoms with E-state index in [0.29, 0.717) is 6.42 Å². The Kier molecular flexibility index (Phi) is 9.37. The molecule has 4 atom stereocenters. The highest BCUT2D eigenvalue weighted by atomic mass is 16.6. The normalized spacial score (nSPS) is 19.2. The van der Waals surface area contributed by atoms with Crippen molar-refractivity contribution in [2.24, 2.45) is 11.8 Å². The van der Waals surface area contributed by atoms with Crippen LogP contribution in [0.3, 0.4) is 0 Å².